The van der Waals surface area contributed by atoms with E-state index in [1.165, 1.54) is 13.0 Å². The number of nitrogens with one attached hydrogen (secondary N) is 1. The molecule has 1 atom stereocenters. The van der Waals surface area contributed by atoms with Gasteiger partial charge in [0.1, 0.15) is 0 Å². The van der Waals surface area contributed by atoms with Gasteiger partial charge in [-0.1, -0.05) is 0 Å². The number of guanidine groups is 1. The van der Waals surface area contributed by atoms with Crippen LogP contribution in [-0.2, 0) is 0 Å². The van der Waals surface area contributed by atoms with Crippen molar-refractivity contribution in [3.8, 4) is 0 Å². The number of nitrogens with zero attached hydrogens (tertiary/aromatic N) is 2. The highest BCUT2D eigenvalue weighted by Crippen LogP contribution is 2.18. The van der Waals surface area contributed by atoms with Crippen molar-refractivity contribution in [3.63, 3.8) is 0 Å². The Hall–Kier alpha value is -0.770. The molecule has 1 aliphatic heterocycles. The van der Waals surface area contributed by atoms with Crippen molar-refractivity contribution >= 4 is 5.96 Å². The van der Waals surface area contributed by atoms with Crippen LogP contribution in [0.5, 0.6) is 0 Å². The van der Waals surface area contributed by atoms with Gasteiger partial charge in [0, 0.05) is 25.2 Å². The maximum atomic E-state index is 5.77. The first kappa shape index (κ1) is 13.3. The zero-order valence-corrected chi connectivity index (χ0v) is 11.0. The standard InChI is InChI=1S/C12H26N4/c1-9(2)15-12(13)14-7-11-5-6-16(8-11)10(3)4/h9-11H,5-8H2,1-4H3,(H3,13,14,15). The van der Waals surface area contributed by atoms with Crippen molar-refractivity contribution in [3.05, 3.63) is 0 Å². The molecule has 94 valence electrons. The van der Waals surface area contributed by atoms with Crippen LogP contribution in [0.4, 0.5) is 0 Å². The van der Waals surface area contributed by atoms with Gasteiger partial charge in [0.2, 0.25) is 0 Å². The summed E-state index contributed by atoms with van der Waals surface area (Å²) in [6.07, 6.45) is 1.25. The summed E-state index contributed by atoms with van der Waals surface area (Å²) >= 11 is 0. The maximum Gasteiger partial charge on any atom is 0.188 e. The van der Waals surface area contributed by atoms with Crippen molar-refractivity contribution in [1.29, 1.82) is 0 Å². The topological polar surface area (TPSA) is 53.6 Å². The van der Waals surface area contributed by atoms with E-state index in [9.17, 15) is 0 Å². The van der Waals surface area contributed by atoms with E-state index in [1.807, 2.05) is 0 Å². The Morgan fingerprint density at radius 2 is 2.12 bits per heavy atom. The molecule has 1 rings (SSSR count). The molecule has 1 saturated heterocycles. The van der Waals surface area contributed by atoms with E-state index in [0.29, 0.717) is 24.0 Å². The van der Waals surface area contributed by atoms with Gasteiger partial charge in [0.05, 0.1) is 0 Å². The third kappa shape index (κ3) is 4.39. The first-order chi connectivity index (χ1) is 7.49. The van der Waals surface area contributed by atoms with E-state index in [0.717, 1.165) is 13.1 Å². The van der Waals surface area contributed by atoms with Crippen molar-refractivity contribution in [2.24, 2.45) is 16.6 Å². The second kappa shape index (κ2) is 6.09. The van der Waals surface area contributed by atoms with Gasteiger partial charge in [-0.3, -0.25) is 4.99 Å². The third-order valence-corrected chi connectivity index (χ3v) is 3.00. The summed E-state index contributed by atoms with van der Waals surface area (Å²) in [5, 5.41) is 3.11. The first-order valence-corrected chi connectivity index (χ1v) is 6.29. The summed E-state index contributed by atoms with van der Waals surface area (Å²) in [5.41, 5.74) is 5.77. The minimum atomic E-state index is 0.361. The van der Waals surface area contributed by atoms with Crippen LogP contribution in [0.2, 0.25) is 0 Å². The van der Waals surface area contributed by atoms with Gasteiger partial charge < -0.3 is 16.0 Å². The van der Waals surface area contributed by atoms with E-state index >= 15 is 0 Å². The lowest BCUT2D eigenvalue weighted by Gasteiger charge is -2.19. The summed E-state index contributed by atoms with van der Waals surface area (Å²) in [6.45, 7) is 11.9. The second-order valence-corrected chi connectivity index (χ2v) is 5.27. The fourth-order valence-electron chi connectivity index (χ4n) is 2.05. The van der Waals surface area contributed by atoms with Crippen LogP contribution in [0, 0.1) is 5.92 Å². The van der Waals surface area contributed by atoms with Gasteiger partial charge in [-0.25, -0.2) is 0 Å². The third-order valence-electron chi connectivity index (χ3n) is 3.00. The molecule has 1 aliphatic rings. The largest absolute Gasteiger partial charge is 0.370 e. The molecule has 0 spiro atoms. The van der Waals surface area contributed by atoms with Crippen molar-refractivity contribution < 1.29 is 0 Å². The molecule has 0 aliphatic carbocycles. The Labute approximate surface area is 99.3 Å². The number of hydrogen-bond acceptors (Lipinski definition) is 2. The molecule has 16 heavy (non-hydrogen) atoms. The fraction of sp³-hybridized carbons (Fsp3) is 0.917. The molecule has 1 heterocycles. The van der Waals surface area contributed by atoms with Crippen molar-refractivity contribution in [2.45, 2.75) is 46.2 Å². The van der Waals surface area contributed by atoms with Gasteiger partial charge in [0.25, 0.3) is 0 Å². The van der Waals surface area contributed by atoms with Crippen LogP contribution in [0.1, 0.15) is 34.1 Å². The number of likely N-dealkylation sites (tertiary alicyclic amines) is 1. The van der Waals surface area contributed by atoms with Crippen molar-refractivity contribution in [2.75, 3.05) is 19.6 Å². The fourth-order valence-corrected chi connectivity index (χ4v) is 2.05. The highest BCUT2D eigenvalue weighted by atomic mass is 15.2. The molecule has 0 aromatic heterocycles. The van der Waals surface area contributed by atoms with Gasteiger partial charge >= 0.3 is 0 Å². The zero-order valence-electron chi connectivity index (χ0n) is 11.0. The van der Waals surface area contributed by atoms with Crippen LogP contribution < -0.4 is 11.1 Å². The Bertz CT molecular complexity index is 235. The molecule has 0 amide bonds. The molecule has 4 heteroatoms. The Balaban J connectivity index is 2.29. The minimum Gasteiger partial charge on any atom is -0.370 e. The normalized spacial score (nSPS) is 23.4. The SMILES string of the molecule is CC(C)NC(N)=NCC1CCN(C(C)C)C1. The molecular weight excluding hydrogens is 200 g/mol. The number of nitrogens with two attached hydrogens (primary N) is 1. The average Bonchev–Trinajstić information content (AvgIpc) is 2.61. The quantitative estimate of drug-likeness (QED) is 0.556. The van der Waals surface area contributed by atoms with E-state index in [1.54, 1.807) is 0 Å². The predicted octanol–water partition coefficient (Wildman–Crippen LogP) is 1.03. The van der Waals surface area contributed by atoms with Gasteiger partial charge in [0.15, 0.2) is 5.96 Å². The molecule has 3 N–H and O–H groups in total. The summed E-state index contributed by atoms with van der Waals surface area (Å²) in [7, 11) is 0. The van der Waals surface area contributed by atoms with Crippen LogP contribution in [0.15, 0.2) is 4.99 Å². The lowest BCUT2D eigenvalue weighted by Crippen LogP contribution is -2.37. The first-order valence-electron chi connectivity index (χ1n) is 6.29. The van der Waals surface area contributed by atoms with Crippen LogP contribution >= 0.6 is 0 Å². The second-order valence-electron chi connectivity index (χ2n) is 5.27. The minimum absolute atomic E-state index is 0.361. The monoisotopic (exact) mass is 226 g/mol. The summed E-state index contributed by atoms with van der Waals surface area (Å²) in [4.78, 5) is 6.90. The molecule has 1 fully saturated rings. The predicted molar refractivity (Wildman–Crippen MR) is 69.6 cm³/mol. The van der Waals surface area contributed by atoms with E-state index in [4.69, 9.17) is 5.73 Å². The number of rotatable bonds is 4. The van der Waals surface area contributed by atoms with Crippen LogP contribution in [0.25, 0.3) is 0 Å². The van der Waals surface area contributed by atoms with Crippen molar-refractivity contribution in [1.82, 2.24) is 10.2 Å². The molecule has 0 saturated carbocycles. The Morgan fingerprint density at radius 3 is 2.62 bits per heavy atom. The van der Waals surface area contributed by atoms with E-state index < -0.39 is 0 Å². The zero-order chi connectivity index (χ0) is 12.1. The van der Waals surface area contributed by atoms with Gasteiger partial charge in [-0.2, -0.15) is 0 Å². The molecule has 0 radical (unpaired) electrons. The molecule has 1 unspecified atom stereocenters. The Morgan fingerprint density at radius 1 is 1.44 bits per heavy atom. The lowest BCUT2D eigenvalue weighted by molar-refractivity contribution is 0.266. The van der Waals surface area contributed by atoms with E-state index in [2.05, 4.69) is 42.9 Å². The van der Waals surface area contributed by atoms with Gasteiger partial charge in [-0.15, -0.1) is 0 Å². The summed E-state index contributed by atoms with van der Waals surface area (Å²) in [6, 6.07) is 1.01. The molecule has 0 aromatic carbocycles. The number of hydrogen-bond donors (Lipinski definition) is 2. The molecule has 0 aromatic rings. The van der Waals surface area contributed by atoms with E-state index in [-0.39, 0.29) is 0 Å². The maximum absolute atomic E-state index is 5.77. The summed E-state index contributed by atoms with van der Waals surface area (Å²) < 4.78 is 0. The lowest BCUT2D eigenvalue weighted by atomic mass is 10.1. The van der Waals surface area contributed by atoms with Gasteiger partial charge in [-0.05, 0) is 46.6 Å². The Kier molecular flexibility index (Phi) is 5.06. The average molecular weight is 226 g/mol. The van der Waals surface area contributed by atoms with Crippen LogP contribution in [-0.4, -0.2) is 42.6 Å². The molecule has 0 bridgehead atoms. The smallest absolute Gasteiger partial charge is 0.188 e. The molecule has 4 nitrogen and oxygen atoms in total. The highest BCUT2D eigenvalue weighted by molar-refractivity contribution is 5.78. The summed E-state index contributed by atoms with van der Waals surface area (Å²) in [5.74, 6) is 1.26. The number of aliphatic imine (C=N–C) groups is 1. The van der Waals surface area contributed by atoms with Crippen LogP contribution in [0.3, 0.4) is 0 Å². The molecular formula is C12H26N4. The highest BCUT2D eigenvalue weighted by Gasteiger charge is 2.23.